The SMILES string of the molecule is C=CC(CCCOP(C)(=O)O)C1CC(=O)CC1=O. The summed E-state index contributed by atoms with van der Waals surface area (Å²) in [5, 5.41) is 0. The molecule has 18 heavy (non-hydrogen) atoms. The van der Waals surface area contributed by atoms with Crippen LogP contribution in [0.1, 0.15) is 25.7 Å². The number of rotatable bonds is 7. The predicted octanol–water partition coefficient (Wildman–Crippen LogP) is 1.95. The summed E-state index contributed by atoms with van der Waals surface area (Å²) in [5.74, 6) is -0.351. The Hall–Kier alpha value is -0.770. The third-order valence-corrected chi connectivity index (χ3v) is 3.73. The maximum absolute atomic E-state index is 11.6. The molecule has 3 atom stereocenters. The van der Waals surface area contributed by atoms with Gasteiger partial charge in [0.05, 0.1) is 13.0 Å². The first-order valence-corrected chi connectivity index (χ1v) is 7.97. The highest BCUT2D eigenvalue weighted by atomic mass is 31.2. The highest BCUT2D eigenvalue weighted by Crippen LogP contribution is 2.37. The van der Waals surface area contributed by atoms with Gasteiger partial charge in [0.2, 0.25) is 0 Å². The van der Waals surface area contributed by atoms with Gasteiger partial charge < -0.3 is 9.42 Å². The molecule has 0 aromatic rings. The minimum Gasteiger partial charge on any atom is -0.324 e. The number of hydrogen-bond acceptors (Lipinski definition) is 4. The zero-order valence-corrected chi connectivity index (χ0v) is 11.4. The third kappa shape index (κ3) is 4.84. The van der Waals surface area contributed by atoms with E-state index in [1.54, 1.807) is 6.08 Å². The Bertz CT molecular complexity index is 384. The fourth-order valence-electron chi connectivity index (χ4n) is 2.18. The zero-order chi connectivity index (χ0) is 13.8. The van der Waals surface area contributed by atoms with Crippen LogP contribution in [0, 0.1) is 11.8 Å². The normalized spacial score (nSPS) is 24.9. The lowest BCUT2D eigenvalue weighted by atomic mass is 9.87. The average molecular weight is 274 g/mol. The van der Waals surface area contributed by atoms with Crippen molar-refractivity contribution in [2.45, 2.75) is 25.7 Å². The van der Waals surface area contributed by atoms with E-state index >= 15 is 0 Å². The summed E-state index contributed by atoms with van der Waals surface area (Å²) in [4.78, 5) is 31.7. The van der Waals surface area contributed by atoms with E-state index in [1.165, 1.54) is 0 Å². The summed E-state index contributed by atoms with van der Waals surface area (Å²) in [6, 6.07) is 0. The van der Waals surface area contributed by atoms with Gasteiger partial charge in [0.15, 0.2) is 0 Å². The second-order valence-corrected chi connectivity index (χ2v) is 6.53. The minimum atomic E-state index is -3.43. The molecule has 6 heteroatoms. The summed E-state index contributed by atoms with van der Waals surface area (Å²) in [5.41, 5.74) is 0. The molecule has 0 radical (unpaired) electrons. The first-order valence-electron chi connectivity index (χ1n) is 5.95. The molecule has 1 aliphatic carbocycles. The van der Waals surface area contributed by atoms with Gasteiger partial charge in [-0.25, -0.2) is 0 Å². The van der Waals surface area contributed by atoms with Gasteiger partial charge in [0.1, 0.15) is 11.6 Å². The molecule has 102 valence electrons. The van der Waals surface area contributed by atoms with E-state index in [9.17, 15) is 14.2 Å². The topological polar surface area (TPSA) is 80.7 Å². The van der Waals surface area contributed by atoms with Crippen molar-refractivity contribution < 1.29 is 23.6 Å². The molecule has 1 rings (SSSR count). The van der Waals surface area contributed by atoms with Crippen LogP contribution in [0.2, 0.25) is 0 Å². The van der Waals surface area contributed by atoms with E-state index in [-0.39, 0.29) is 36.4 Å². The molecule has 1 aliphatic rings. The molecule has 1 saturated carbocycles. The molecule has 0 aromatic heterocycles. The maximum Gasteiger partial charge on any atom is 0.325 e. The Morgan fingerprint density at radius 2 is 2.28 bits per heavy atom. The Morgan fingerprint density at radius 3 is 2.72 bits per heavy atom. The van der Waals surface area contributed by atoms with Gasteiger partial charge in [-0.2, -0.15) is 0 Å². The van der Waals surface area contributed by atoms with E-state index in [2.05, 4.69) is 6.58 Å². The number of carbonyl (C=O) groups is 2. The van der Waals surface area contributed by atoms with Crippen molar-refractivity contribution in [3.05, 3.63) is 12.7 Å². The predicted molar refractivity (Wildman–Crippen MR) is 67.4 cm³/mol. The van der Waals surface area contributed by atoms with Gasteiger partial charge in [-0.05, 0) is 18.8 Å². The van der Waals surface area contributed by atoms with Crippen LogP contribution in [0.25, 0.3) is 0 Å². The fourth-order valence-corrected chi connectivity index (χ4v) is 2.65. The Balaban J connectivity index is 2.39. The summed E-state index contributed by atoms with van der Waals surface area (Å²) in [7, 11) is -3.43. The molecular formula is C12H19O5P. The lowest BCUT2D eigenvalue weighted by Gasteiger charge is -2.18. The maximum atomic E-state index is 11.6. The molecule has 0 spiro atoms. The molecule has 0 saturated heterocycles. The number of carbonyl (C=O) groups excluding carboxylic acids is 2. The molecule has 0 bridgehead atoms. The van der Waals surface area contributed by atoms with E-state index in [0.717, 1.165) is 6.66 Å². The molecule has 0 aliphatic heterocycles. The third-order valence-electron chi connectivity index (χ3n) is 3.06. The minimum absolute atomic E-state index is 0.0125. The molecule has 0 aromatic carbocycles. The number of hydrogen-bond donors (Lipinski definition) is 1. The van der Waals surface area contributed by atoms with Crippen molar-refractivity contribution in [3.8, 4) is 0 Å². The van der Waals surface area contributed by atoms with Gasteiger partial charge in [0, 0.05) is 19.0 Å². The Kier molecular flexibility index (Phi) is 5.45. The van der Waals surface area contributed by atoms with Crippen LogP contribution >= 0.6 is 7.60 Å². The summed E-state index contributed by atoms with van der Waals surface area (Å²) < 4.78 is 15.7. The van der Waals surface area contributed by atoms with Crippen molar-refractivity contribution in [2.75, 3.05) is 13.3 Å². The van der Waals surface area contributed by atoms with Crippen LogP contribution in [0.15, 0.2) is 12.7 Å². The highest BCUT2D eigenvalue weighted by molar-refractivity contribution is 7.51. The van der Waals surface area contributed by atoms with Gasteiger partial charge in [-0.1, -0.05) is 6.08 Å². The molecule has 1 N–H and O–H groups in total. The molecule has 1 fully saturated rings. The lowest BCUT2D eigenvalue weighted by Crippen LogP contribution is -2.17. The van der Waals surface area contributed by atoms with Crippen molar-refractivity contribution in [1.82, 2.24) is 0 Å². The molecule has 5 nitrogen and oxygen atoms in total. The average Bonchev–Trinajstić information content (AvgIpc) is 2.56. The van der Waals surface area contributed by atoms with Crippen LogP contribution < -0.4 is 0 Å². The summed E-state index contributed by atoms with van der Waals surface area (Å²) in [6.07, 6.45) is 3.21. The molecule has 3 unspecified atom stereocenters. The second kappa shape index (κ2) is 6.41. The van der Waals surface area contributed by atoms with E-state index < -0.39 is 7.60 Å². The smallest absolute Gasteiger partial charge is 0.324 e. The van der Waals surface area contributed by atoms with Crippen molar-refractivity contribution in [3.63, 3.8) is 0 Å². The fraction of sp³-hybridized carbons (Fsp3) is 0.667. The van der Waals surface area contributed by atoms with E-state index in [0.29, 0.717) is 19.3 Å². The summed E-state index contributed by atoms with van der Waals surface area (Å²) >= 11 is 0. The van der Waals surface area contributed by atoms with Gasteiger partial charge >= 0.3 is 7.60 Å². The largest absolute Gasteiger partial charge is 0.325 e. The van der Waals surface area contributed by atoms with Crippen LogP contribution in [0.4, 0.5) is 0 Å². The van der Waals surface area contributed by atoms with Crippen molar-refractivity contribution >= 4 is 19.2 Å². The number of allylic oxidation sites excluding steroid dienone is 1. The van der Waals surface area contributed by atoms with Gasteiger partial charge in [-0.15, -0.1) is 6.58 Å². The van der Waals surface area contributed by atoms with Gasteiger partial charge in [0.25, 0.3) is 0 Å². The van der Waals surface area contributed by atoms with Crippen molar-refractivity contribution in [1.29, 1.82) is 0 Å². The monoisotopic (exact) mass is 274 g/mol. The van der Waals surface area contributed by atoms with Gasteiger partial charge in [-0.3, -0.25) is 14.2 Å². The molecule has 0 heterocycles. The van der Waals surface area contributed by atoms with E-state index in [4.69, 9.17) is 9.42 Å². The zero-order valence-electron chi connectivity index (χ0n) is 10.5. The standard InChI is InChI=1S/C12H19O5P/c1-3-9(5-4-6-17-18(2,15)16)11-7-10(13)8-12(11)14/h3,9,11H,1,4-8H2,2H3,(H,15,16). The molecular weight excluding hydrogens is 255 g/mol. The van der Waals surface area contributed by atoms with Crippen molar-refractivity contribution in [2.24, 2.45) is 11.8 Å². The quantitative estimate of drug-likeness (QED) is 0.332. The first kappa shape index (κ1) is 15.3. The first-order chi connectivity index (χ1) is 8.33. The Labute approximate surface area is 107 Å². The number of Topliss-reactive ketones (excluding diaryl/α,β-unsaturated/α-hetero) is 2. The van der Waals surface area contributed by atoms with Crippen LogP contribution in [0.3, 0.4) is 0 Å². The molecule has 0 amide bonds. The van der Waals surface area contributed by atoms with Crippen LogP contribution in [-0.4, -0.2) is 29.7 Å². The second-order valence-electron chi connectivity index (χ2n) is 4.67. The highest BCUT2D eigenvalue weighted by Gasteiger charge is 2.35. The van der Waals surface area contributed by atoms with Crippen LogP contribution in [-0.2, 0) is 18.7 Å². The van der Waals surface area contributed by atoms with Crippen LogP contribution in [0.5, 0.6) is 0 Å². The Morgan fingerprint density at radius 1 is 1.61 bits per heavy atom. The summed E-state index contributed by atoms with van der Waals surface area (Å²) in [6.45, 7) is 4.99. The number of ketones is 2. The lowest BCUT2D eigenvalue weighted by molar-refractivity contribution is -0.123. The van der Waals surface area contributed by atoms with E-state index in [1.807, 2.05) is 0 Å².